The number of benzene rings is 2. The number of pyridine rings is 1. The molecule has 154 valence electrons. The quantitative estimate of drug-likeness (QED) is 0.509. The zero-order chi connectivity index (χ0) is 21.3. The molecule has 0 fully saturated rings. The Balaban J connectivity index is 1.76. The monoisotopic (exact) mass is 404 g/mol. The lowest BCUT2D eigenvalue weighted by Gasteiger charge is -2.09. The number of hydrogen-bond donors (Lipinski definition) is 1. The predicted molar refractivity (Wildman–Crippen MR) is 118 cm³/mol. The summed E-state index contributed by atoms with van der Waals surface area (Å²) in [7, 11) is 3.10. The van der Waals surface area contributed by atoms with Crippen molar-refractivity contribution in [2.24, 2.45) is 0 Å². The third kappa shape index (κ3) is 3.54. The molecular weight excluding hydrogens is 380 g/mol. The number of nitrogens with one attached hydrogen (secondary N) is 1. The topological polar surface area (TPSA) is 78.3 Å². The van der Waals surface area contributed by atoms with E-state index in [1.54, 1.807) is 25.3 Å². The fourth-order valence-electron chi connectivity index (χ4n) is 3.48. The van der Waals surface area contributed by atoms with E-state index in [-0.39, 0.29) is 5.91 Å². The Morgan fingerprint density at radius 1 is 1.07 bits per heavy atom. The van der Waals surface area contributed by atoms with Gasteiger partial charge < -0.3 is 14.8 Å². The van der Waals surface area contributed by atoms with Crippen molar-refractivity contribution in [1.82, 2.24) is 14.8 Å². The largest absolute Gasteiger partial charge is 0.493 e. The van der Waals surface area contributed by atoms with Gasteiger partial charge in [-0.15, -0.1) is 0 Å². The first-order valence-corrected chi connectivity index (χ1v) is 9.85. The van der Waals surface area contributed by atoms with Crippen LogP contribution in [0.25, 0.3) is 21.9 Å². The highest BCUT2D eigenvalue weighted by Crippen LogP contribution is 2.30. The lowest BCUT2D eigenvalue weighted by molar-refractivity contribution is 0.102. The minimum absolute atomic E-state index is 0.275. The van der Waals surface area contributed by atoms with E-state index in [0.29, 0.717) is 29.4 Å². The molecule has 0 aliphatic heterocycles. The highest BCUT2D eigenvalue weighted by Gasteiger charge is 2.17. The first kappa shape index (κ1) is 19.7. The van der Waals surface area contributed by atoms with Crippen molar-refractivity contribution in [3.63, 3.8) is 0 Å². The van der Waals surface area contributed by atoms with Crippen molar-refractivity contribution in [1.29, 1.82) is 0 Å². The Morgan fingerprint density at radius 2 is 1.87 bits per heavy atom. The van der Waals surface area contributed by atoms with Crippen LogP contribution in [0.5, 0.6) is 11.5 Å². The number of rotatable bonds is 6. The van der Waals surface area contributed by atoms with Gasteiger partial charge in [0.15, 0.2) is 23.0 Å². The third-order valence-electron chi connectivity index (χ3n) is 4.99. The zero-order valence-corrected chi connectivity index (χ0v) is 17.5. The molecule has 0 spiro atoms. The van der Waals surface area contributed by atoms with E-state index in [9.17, 15) is 4.79 Å². The number of nitrogens with zero attached hydrogens (tertiary/aromatic N) is 3. The number of amides is 1. The van der Waals surface area contributed by atoms with E-state index < -0.39 is 0 Å². The fraction of sp³-hybridized carbons (Fsp3) is 0.261. The second-order valence-electron chi connectivity index (χ2n) is 7.15. The smallest absolute Gasteiger partial charge is 0.257 e. The Morgan fingerprint density at radius 3 is 2.60 bits per heavy atom. The van der Waals surface area contributed by atoms with Crippen LogP contribution in [0.15, 0.2) is 42.5 Å². The molecule has 2 aromatic heterocycles. The number of aryl methyl sites for hydroxylation is 2. The van der Waals surface area contributed by atoms with Crippen molar-refractivity contribution in [2.75, 3.05) is 19.5 Å². The van der Waals surface area contributed by atoms with Crippen molar-refractivity contribution in [3.05, 3.63) is 53.6 Å². The molecule has 7 nitrogen and oxygen atoms in total. The van der Waals surface area contributed by atoms with Crippen LogP contribution in [0.1, 0.15) is 29.3 Å². The maximum absolute atomic E-state index is 12.9. The summed E-state index contributed by atoms with van der Waals surface area (Å²) in [6, 6.07) is 13.2. The molecule has 0 aliphatic rings. The molecule has 1 N–H and O–H groups in total. The van der Waals surface area contributed by atoms with Crippen molar-refractivity contribution in [3.8, 4) is 11.5 Å². The second-order valence-corrected chi connectivity index (χ2v) is 7.15. The zero-order valence-electron chi connectivity index (χ0n) is 17.5. The fourth-order valence-corrected chi connectivity index (χ4v) is 3.48. The van der Waals surface area contributed by atoms with Crippen LogP contribution in [0.4, 0.5) is 5.82 Å². The third-order valence-corrected chi connectivity index (χ3v) is 4.99. The molecule has 0 aliphatic carbocycles. The summed E-state index contributed by atoms with van der Waals surface area (Å²) in [5.74, 6) is 1.28. The summed E-state index contributed by atoms with van der Waals surface area (Å²) in [6.45, 7) is 4.84. The van der Waals surface area contributed by atoms with Crippen LogP contribution in [0, 0.1) is 6.92 Å². The molecule has 4 rings (SSSR count). The Kier molecular flexibility index (Phi) is 5.27. The van der Waals surface area contributed by atoms with E-state index in [1.807, 2.05) is 29.8 Å². The van der Waals surface area contributed by atoms with E-state index in [4.69, 9.17) is 14.5 Å². The van der Waals surface area contributed by atoms with Crippen molar-refractivity contribution in [2.45, 2.75) is 26.8 Å². The van der Waals surface area contributed by atoms with Crippen LogP contribution in [0.2, 0.25) is 0 Å². The lowest BCUT2D eigenvalue weighted by atomic mass is 10.1. The molecule has 2 aromatic carbocycles. The molecule has 0 saturated heterocycles. The molecule has 2 heterocycles. The number of aromatic nitrogens is 3. The van der Waals surface area contributed by atoms with Gasteiger partial charge in [-0.2, -0.15) is 5.10 Å². The molecule has 0 radical (unpaired) electrons. The van der Waals surface area contributed by atoms with Gasteiger partial charge >= 0.3 is 0 Å². The Bertz CT molecular complexity index is 1250. The minimum atomic E-state index is -0.275. The lowest BCUT2D eigenvalue weighted by Crippen LogP contribution is -2.13. The maximum atomic E-state index is 12.9. The van der Waals surface area contributed by atoms with Gasteiger partial charge in [-0.3, -0.25) is 4.79 Å². The van der Waals surface area contributed by atoms with Crippen LogP contribution >= 0.6 is 0 Å². The molecule has 0 saturated carbocycles. The average Bonchev–Trinajstić information content (AvgIpc) is 3.07. The van der Waals surface area contributed by atoms with Gasteiger partial charge in [0.25, 0.3) is 5.91 Å². The van der Waals surface area contributed by atoms with E-state index >= 15 is 0 Å². The number of carbonyl (C=O) groups is 1. The number of anilines is 1. The van der Waals surface area contributed by atoms with E-state index in [1.165, 1.54) is 7.11 Å². The highest BCUT2D eigenvalue weighted by molar-refractivity contribution is 6.09. The van der Waals surface area contributed by atoms with Gasteiger partial charge in [-0.25, -0.2) is 9.67 Å². The predicted octanol–water partition coefficient (Wildman–Crippen LogP) is 4.57. The SMILES string of the molecule is CCCn1nc(NC(=O)c2ccc(OC)c(OC)c2)c2cc3ccc(C)cc3nc21. The molecule has 4 aromatic rings. The normalized spacial score (nSPS) is 11.1. The number of fused-ring (bicyclic) bond motifs is 2. The summed E-state index contributed by atoms with van der Waals surface area (Å²) < 4.78 is 12.4. The average molecular weight is 404 g/mol. The summed E-state index contributed by atoms with van der Waals surface area (Å²) in [5, 5.41) is 9.39. The second kappa shape index (κ2) is 8.02. The first-order chi connectivity index (χ1) is 14.5. The number of methoxy groups -OCH3 is 2. The van der Waals surface area contributed by atoms with Gasteiger partial charge in [-0.05, 0) is 49.2 Å². The number of ether oxygens (including phenoxy) is 2. The van der Waals surface area contributed by atoms with Gasteiger partial charge in [-0.1, -0.05) is 19.1 Å². The van der Waals surface area contributed by atoms with Crippen LogP contribution in [-0.2, 0) is 6.54 Å². The van der Waals surface area contributed by atoms with Gasteiger partial charge in [0, 0.05) is 17.5 Å². The van der Waals surface area contributed by atoms with Crippen LogP contribution < -0.4 is 14.8 Å². The molecule has 0 atom stereocenters. The van der Waals surface area contributed by atoms with Gasteiger partial charge in [0.05, 0.1) is 25.1 Å². The Labute approximate surface area is 174 Å². The summed E-state index contributed by atoms with van der Waals surface area (Å²) in [6.07, 6.45) is 0.910. The number of hydrogen-bond acceptors (Lipinski definition) is 5. The van der Waals surface area contributed by atoms with Crippen LogP contribution in [0.3, 0.4) is 0 Å². The van der Waals surface area contributed by atoms with Gasteiger partial charge in [0.1, 0.15) is 0 Å². The maximum Gasteiger partial charge on any atom is 0.257 e. The van der Waals surface area contributed by atoms with Crippen LogP contribution in [-0.4, -0.2) is 34.9 Å². The van der Waals surface area contributed by atoms with Crippen molar-refractivity contribution >= 4 is 33.7 Å². The molecule has 0 bridgehead atoms. The molecule has 7 heteroatoms. The summed E-state index contributed by atoms with van der Waals surface area (Å²) in [5.41, 5.74) is 3.28. The Hall–Kier alpha value is -3.61. The highest BCUT2D eigenvalue weighted by atomic mass is 16.5. The first-order valence-electron chi connectivity index (χ1n) is 9.85. The standard InChI is InChI=1S/C23H24N4O3/c1-5-10-27-22-17(12-15-7-6-14(2)11-18(15)24-22)21(26-27)25-23(28)16-8-9-19(29-3)20(13-16)30-4/h6-9,11-13H,5,10H2,1-4H3,(H,25,26,28). The van der Waals surface area contributed by atoms with E-state index in [2.05, 4.69) is 23.4 Å². The van der Waals surface area contributed by atoms with E-state index in [0.717, 1.165) is 33.9 Å². The molecule has 30 heavy (non-hydrogen) atoms. The molecular formula is C23H24N4O3. The summed E-state index contributed by atoms with van der Waals surface area (Å²) in [4.78, 5) is 17.7. The minimum Gasteiger partial charge on any atom is -0.493 e. The summed E-state index contributed by atoms with van der Waals surface area (Å²) >= 11 is 0. The van der Waals surface area contributed by atoms with Gasteiger partial charge in [0.2, 0.25) is 0 Å². The number of carbonyl (C=O) groups excluding carboxylic acids is 1. The molecule has 1 amide bonds. The van der Waals surface area contributed by atoms with Crippen molar-refractivity contribution < 1.29 is 14.3 Å². The molecule has 0 unspecified atom stereocenters.